The third kappa shape index (κ3) is 4.12. The number of ketones is 2. The molecule has 0 aromatic heterocycles. The molecular weight excluding hydrogens is 439 g/mol. The van der Waals surface area contributed by atoms with E-state index in [1.807, 2.05) is 32.0 Å². The van der Waals surface area contributed by atoms with Crippen LogP contribution in [0, 0.1) is 0 Å². The Morgan fingerprint density at radius 3 is 2.06 bits per heavy atom. The third-order valence-electron chi connectivity index (χ3n) is 5.30. The van der Waals surface area contributed by atoms with Gasteiger partial charge in [0.05, 0.1) is 27.4 Å². The quantitative estimate of drug-likeness (QED) is 0.263. The van der Waals surface area contributed by atoms with Crippen LogP contribution in [-0.4, -0.2) is 24.5 Å². The third-order valence-corrected chi connectivity index (χ3v) is 6.18. The van der Waals surface area contributed by atoms with Gasteiger partial charge in [0.1, 0.15) is 10.1 Å². The zero-order chi connectivity index (χ0) is 22.5. The molecule has 0 atom stereocenters. The molecule has 3 aromatic rings. The molecule has 0 aliphatic heterocycles. The van der Waals surface area contributed by atoms with Gasteiger partial charge in [0.25, 0.3) is 0 Å². The molecule has 4 rings (SSSR count). The number of rotatable bonds is 4. The van der Waals surface area contributed by atoms with Crippen molar-refractivity contribution in [2.45, 2.75) is 24.7 Å². The van der Waals surface area contributed by atoms with Crippen molar-refractivity contribution in [1.29, 1.82) is 0 Å². The standard InChI is InChI=1S/C23H20N2O5S.Na/c1-12(2)13-6-5-7-14(10-13)25-17-11-18(31(28,29)30)21(24)20-19(17)22(26)15-8-3-4-9-16(15)23(20)27;/h3-12,25H,24H2,1-2H3,(H,28,29,30);/q;+1/p-1. The number of anilines is 3. The second kappa shape index (κ2) is 8.80. The Morgan fingerprint density at radius 2 is 1.50 bits per heavy atom. The Hall–Kier alpha value is -2.49. The second-order valence-electron chi connectivity index (χ2n) is 7.65. The van der Waals surface area contributed by atoms with E-state index >= 15 is 0 Å². The van der Waals surface area contributed by atoms with E-state index in [0.717, 1.165) is 11.6 Å². The van der Waals surface area contributed by atoms with Crippen LogP contribution >= 0.6 is 0 Å². The predicted octanol–water partition coefficient (Wildman–Crippen LogP) is 0.819. The molecule has 0 bridgehead atoms. The maximum atomic E-state index is 13.3. The van der Waals surface area contributed by atoms with Gasteiger partial charge in [-0.2, -0.15) is 0 Å². The van der Waals surface area contributed by atoms with Crippen molar-refractivity contribution in [2.75, 3.05) is 11.1 Å². The molecule has 0 spiro atoms. The van der Waals surface area contributed by atoms with E-state index in [9.17, 15) is 22.6 Å². The molecule has 1 aliphatic carbocycles. The van der Waals surface area contributed by atoms with Crippen LogP contribution in [0.3, 0.4) is 0 Å². The van der Waals surface area contributed by atoms with E-state index < -0.39 is 32.3 Å². The number of nitrogens with two attached hydrogens (primary N) is 1. The summed E-state index contributed by atoms with van der Waals surface area (Å²) in [5.41, 5.74) is 7.03. The number of hydrogen-bond acceptors (Lipinski definition) is 7. The number of nitrogen functional groups attached to an aromatic ring is 1. The molecule has 0 heterocycles. The summed E-state index contributed by atoms with van der Waals surface area (Å²) in [4.78, 5) is 25.7. The fourth-order valence-electron chi connectivity index (χ4n) is 3.73. The van der Waals surface area contributed by atoms with Crippen molar-refractivity contribution in [3.8, 4) is 0 Å². The van der Waals surface area contributed by atoms with Crippen molar-refractivity contribution in [3.05, 3.63) is 82.4 Å². The van der Waals surface area contributed by atoms with Crippen LogP contribution < -0.4 is 40.6 Å². The van der Waals surface area contributed by atoms with E-state index in [2.05, 4.69) is 5.32 Å². The average molecular weight is 458 g/mol. The molecule has 1 aliphatic rings. The van der Waals surface area contributed by atoms with Crippen molar-refractivity contribution in [1.82, 2.24) is 0 Å². The minimum Gasteiger partial charge on any atom is -0.744 e. The van der Waals surface area contributed by atoms with Crippen LogP contribution in [0.5, 0.6) is 0 Å². The Kier molecular flexibility index (Phi) is 6.65. The molecule has 0 radical (unpaired) electrons. The summed E-state index contributed by atoms with van der Waals surface area (Å²) in [5, 5.41) is 3.02. The minimum atomic E-state index is -5.00. The van der Waals surface area contributed by atoms with Gasteiger partial charge in [-0.1, -0.05) is 50.2 Å². The fraction of sp³-hybridized carbons (Fsp3) is 0.130. The van der Waals surface area contributed by atoms with E-state index in [1.54, 1.807) is 18.2 Å². The summed E-state index contributed by atoms with van der Waals surface area (Å²) in [6, 6.07) is 14.6. The zero-order valence-corrected chi connectivity index (χ0v) is 20.6. The van der Waals surface area contributed by atoms with Gasteiger partial charge in [-0.3, -0.25) is 9.59 Å². The van der Waals surface area contributed by atoms with Crippen LogP contribution in [0.4, 0.5) is 17.1 Å². The van der Waals surface area contributed by atoms with Crippen molar-refractivity contribution in [3.63, 3.8) is 0 Å². The van der Waals surface area contributed by atoms with Crippen molar-refractivity contribution >= 4 is 38.7 Å². The Balaban J connectivity index is 0.00000289. The van der Waals surface area contributed by atoms with Gasteiger partial charge < -0.3 is 15.6 Å². The van der Waals surface area contributed by atoms with E-state index in [0.29, 0.717) is 5.69 Å². The fourth-order valence-corrected chi connectivity index (χ4v) is 4.36. The first-order chi connectivity index (χ1) is 14.6. The smallest absolute Gasteiger partial charge is 0.744 e. The number of carbonyl (C=O) groups is 2. The van der Waals surface area contributed by atoms with Gasteiger partial charge >= 0.3 is 29.6 Å². The maximum Gasteiger partial charge on any atom is 1.00 e. The van der Waals surface area contributed by atoms with Crippen LogP contribution in [0.1, 0.15) is 57.2 Å². The van der Waals surface area contributed by atoms with Crippen LogP contribution in [0.15, 0.2) is 59.5 Å². The predicted molar refractivity (Wildman–Crippen MR) is 116 cm³/mol. The van der Waals surface area contributed by atoms with Gasteiger partial charge in [0.15, 0.2) is 11.6 Å². The molecule has 3 aromatic carbocycles. The van der Waals surface area contributed by atoms with Crippen LogP contribution in [0.2, 0.25) is 0 Å². The van der Waals surface area contributed by atoms with E-state index in [1.165, 1.54) is 12.1 Å². The number of benzene rings is 3. The van der Waals surface area contributed by atoms with Crippen molar-refractivity contribution < 1.29 is 52.1 Å². The molecule has 7 nitrogen and oxygen atoms in total. The number of nitrogens with one attached hydrogen (secondary N) is 1. The molecular formula is C23H19N2NaO5S. The maximum absolute atomic E-state index is 13.3. The first kappa shape index (κ1) is 24.2. The summed E-state index contributed by atoms with van der Waals surface area (Å²) in [7, 11) is -5.00. The topological polar surface area (TPSA) is 129 Å². The van der Waals surface area contributed by atoms with E-state index in [4.69, 9.17) is 5.73 Å². The summed E-state index contributed by atoms with van der Waals surface area (Å²) in [6.45, 7) is 4.04. The van der Waals surface area contributed by atoms with Crippen molar-refractivity contribution in [2.24, 2.45) is 0 Å². The molecule has 0 unspecified atom stereocenters. The summed E-state index contributed by atoms with van der Waals surface area (Å²) < 4.78 is 35.6. The second-order valence-corrected chi connectivity index (χ2v) is 9.00. The first-order valence-electron chi connectivity index (χ1n) is 9.57. The molecule has 0 fully saturated rings. The molecule has 0 saturated heterocycles. The van der Waals surface area contributed by atoms with Gasteiger partial charge in [-0.05, 0) is 29.7 Å². The Bertz CT molecular complexity index is 1370. The first-order valence-corrected chi connectivity index (χ1v) is 11.0. The number of fused-ring (bicyclic) bond motifs is 2. The van der Waals surface area contributed by atoms with E-state index in [-0.39, 0.29) is 63.4 Å². The minimum absolute atomic E-state index is 0. The molecule has 0 amide bonds. The molecule has 158 valence electrons. The molecule has 0 saturated carbocycles. The monoisotopic (exact) mass is 458 g/mol. The average Bonchev–Trinajstić information content (AvgIpc) is 2.72. The van der Waals surface area contributed by atoms with Gasteiger partial charge in [-0.25, -0.2) is 8.42 Å². The zero-order valence-electron chi connectivity index (χ0n) is 17.8. The summed E-state index contributed by atoms with van der Waals surface area (Å²) in [5.74, 6) is -0.851. The molecule has 32 heavy (non-hydrogen) atoms. The van der Waals surface area contributed by atoms with Gasteiger partial charge in [-0.15, -0.1) is 0 Å². The van der Waals surface area contributed by atoms with Crippen LogP contribution in [0.25, 0.3) is 0 Å². The SMILES string of the molecule is CC(C)c1cccc(Nc2cc(S(=O)(=O)[O-])c(N)c3c2C(=O)c2ccccc2C3=O)c1.[Na+]. The van der Waals surface area contributed by atoms with Gasteiger partial charge in [0.2, 0.25) is 0 Å². The van der Waals surface area contributed by atoms with Gasteiger partial charge in [0, 0.05) is 16.8 Å². The normalized spacial score (nSPS) is 12.8. The number of hydrogen-bond donors (Lipinski definition) is 2. The summed E-state index contributed by atoms with van der Waals surface area (Å²) >= 11 is 0. The van der Waals surface area contributed by atoms with Crippen LogP contribution in [-0.2, 0) is 10.1 Å². The Morgan fingerprint density at radius 1 is 0.906 bits per heavy atom. The number of carbonyl (C=O) groups excluding carboxylic acids is 2. The Labute approximate surface area is 208 Å². The molecule has 9 heteroatoms. The largest absolute Gasteiger partial charge is 1.00 e. The molecule has 3 N–H and O–H groups in total. The summed E-state index contributed by atoms with van der Waals surface area (Å²) in [6.07, 6.45) is 0.